The minimum Gasteiger partial charge on any atom is -0.493 e. The van der Waals surface area contributed by atoms with Crippen molar-refractivity contribution in [3.8, 4) is 17.2 Å². The fourth-order valence-corrected chi connectivity index (χ4v) is 3.13. The summed E-state index contributed by atoms with van der Waals surface area (Å²) < 4.78 is 21.8. The summed E-state index contributed by atoms with van der Waals surface area (Å²) >= 11 is 0. The van der Waals surface area contributed by atoms with Gasteiger partial charge in [-0.1, -0.05) is 0 Å². The van der Waals surface area contributed by atoms with Gasteiger partial charge in [-0.3, -0.25) is 4.79 Å². The molecular formula is C19H31ClN2O5. The first-order valence-electron chi connectivity index (χ1n) is 9.01. The van der Waals surface area contributed by atoms with Crippen LogP contribution >= 0.6 is 12.4 Å². The maximum absolute atomic E-state index is 12.6. The van der Waals surface area contributed by atoms with Gasteiger partial charge in [-0.2, -0.15) is 0 Å². The number of ether oxygens (including phenoxy) is 4. The van der Waals surface area contributed by atoms with E-state index in [4.69, 9.17) is 24.7 Å². The van der Waals surface area contributed by atoms with Crippen LogP contribution in [0.4, 0.5) is 0 Å². The molecule has 27 heavy (non-hydrogen) atoms. The van der Waals surface area contributed by atoms with Crippen molar-refractivity contribution in [1.82, 2.24) is 4.90 Å². The van der Waals surface area contributed by atoms with Gasteiger partial charge in [-0.05, 0) is 43.5 Å². The second-order valence-corrected chi connectivity index (χ2v) is 6.30. The molecule has 1 amide bonds. The van der Waals surface area contributed by atoms with E-state index in [9.17, 15) is 4.79 Å². The summed E-state index contributed by atoms with van der Waals surface area (Å²) in [4.78, 5) is 14.5. The molecule has 0 aliphatic carbocycles. The Hall–Kier alpha value is -1.70. The van der Waals surface area contributed by atoms with Gasteiger partial charge in [0.2, 0.25) is 11.7 Å². The highest BCUT2D eigenvalue weighted by Crippen LogP contribution is 2.38. The number of amides is 1. The van der Waals surface area contributed by atoms with E-state index in [0.29, 0.717) is 36.8 Å². The van der Waals surface area contributed by atoms with Crippen LogP contribution in [0.2, 0.25) is 0 Å². The molecule has 0 aromatic heterocycles. The summed E-state index contributed by atoms with van der Waals surface area (Å²) in [5.41, 5.74) is 6.32. The number of halogens is 1. The van der Waals surface area contributed by atoms with Crippen molar-refractivity contribution in [2.24, 2.45) is 5.73 Å². The first kappa shape index (κ1) is 23.3. The number of piperidine rings is 1. The Bertz CT molecular complexity index is 566. The van der Waals surface area contributed by atoms with E-state index in [1.54, 1.807) is 21.3 Å². The molecule has 0 atom stereocenters. The highest BCUT2D eigenvalue weighted by atomic mass is 35.5. The van der Waals surface area contributed by atoms with Gasteiger partial charge in [0, 0.05) is 19.7 Å². The number of methoxy groups -OCH3 is 3. The lowest BCUT2D eigenvalue weighted by Gasteiger charge is -2.32. The predicted molar refractivity (Wildman–Crippen MR) is 106 cm³/mol. The Labute approximate surface area is 167 Å². The molecule has 1 aromatic rings. The number of rotatable bonds is 9. The minimum atomic E-state index is 0. The van der Waals surface area contributed by atoms with Gasteiger partial charge in [-0.25, -0.2) is 0 Å². The third kappa shape index (κ3) is 6.45. The summed E-state index contributed by atoms with van der Waals surface area (Å²) in [5.74, 6) is 1.74. The van der Waals surface area contributed by atoms with Gasteiger partial charge in [0.1, 0.15) is 0 Å². The van der Waals surface area contributed by atoms with Crippen LogP contribution in [0.15, 0.2) is 12.1 Å². The molecule has 0 radical (unpaired) electrons. The minimum absolute atomic E-state index is 0. The molecule has 2 rings (SSSR count). The van der Waals surface area contributed by atoms with Crippen molar-refractivity contribution >= 4 is 18.3 Å². The topological polar surface area (TPSA) is 83.2 Å². The molecule has 1 fully saturated rings. The molecule has 0 bridgehead atoms. The second kappa shape index (κ2) is 11.9. The highest BCUT2D eigenvalue weighted by molar-refractivity contribution is 5.85. The van der Waals surface area contributed by atoms with Crippen molar-refractivity contribution in [3.63, 3.8) is 0 Å². The molecule has 0 spiro atoms. The van der Waals surface area contributed by atoms with Crippen LogP contribution in [-0.2, 0) is 16.0 Å². The van der Waals surface area contributed by atoms with Gasteiger partial charge < -0.3 is 29.6 Å². The summed E-state index contributed by atoms with van der Waals surface area (Å²) in [7, 11) is 4.70. The first-order chi connectivity index (χ1) is 12.6. The zero-order chi connectivity index (χ0) is 18.9. The molecule has 1 heterocycles. The van der Waals surface area contributed by atoms with Gasteiger partial charge in [0.15, 0.2) is 11.5 Å². The fourth-order valence-electron chi connectivity index (χ4n) is 3.13. The SMILES string of the molecule is COc1cc(CC(=O)N2CCC(OCCCN)CC2)cc(OC)c1OC.Cl. The van der Waals surface area contributed by atoms with E-state index < -0.39 is 0 Å². The third-order valence-electron chi connectivity index (χ3n) is 4.58. The van der Waals surface area contributed by atoms with Crippen LogP contribution < -0.4 is 19.9 Å². The Balaban J connectivity index is 0.00000364. The Kier molecular flexibility index (Phi) is 10.3. The molecule has 1 aliphatic heterocycles. The molecule has 0 saturated carbocycles. The second-order valence-electron chi connectivity index (χ2n) is 6.30. The van der Waals surface area contributed by atoms with Crippen molar-refractivity contribution < 1.29 is 23.7 Å². The smallest absolute Gasteiger partial charge is 0.226 e. The maximum Gasteiger partial charge on any atom is 0.226 e. The largest absolute Gasteiger partial charge is 0.493 e. The van der Waals surface area contributed by atoms with Crippen molar-refractivity contribution in [2.75, 3.05) is 47.6 Å². The third-order valence-corrected chi connectivity index (χ3v) is 4.58. The average Bonchev–Trinajstić information content (AvgIpc) is 2.67. The summed E-state index contributed by atoms with van der Waals surface area (Å²) in [6.45, 7) is 2.78. The molecule has 2 N–H and O–H groups in total. The van der Waals surface area contributed by atoms with Gasteiger partial charge in [0.05, 0.1) is 33.9 Å². The Morgan fingerprint density at radius 2 is 1.70 bits per heavy atom. The normalized spacial score (nSPS) is 14.4. The number of benzene rings is 1. The van der Waals surface area contributed by atoms with E-state index in [1.165, 1.54) is 0 Å². The molecule has 0 unspecified atom stereocenters. The van der Waals surface area contributed by atoms with Crippen LogP contribution in [-0.4, -0.2) is 64.5 Å². The monoisotopic (exact) mass is 402 g/mol. The zero-order valence-corrected chi connectivity index (χ0v) is 17.2. The number of nitrogens with two attached hydrogens (primary N) is 1. The van der Waals surface area contributed by atoms with Crippen LogP contribution in [0.25, 0.3) is 0 Å². The zero-order valence-electron chi connectivity index (χ0n) is 16.4. The average molecular weight is 403 g/mol. The van der Waals surface area contributed by atoms with Crippen molar-refractivity contribution in [1.29, 1.82) is 0 Å². The lowest BCUT2D eigenvalue weighted by atomic mass is 10.1. The molecular weight excluding hydrogens is 372 g/mol. The lowest BCUT2D eigenvalue weighted by Crippen LogP contribution is -2.41. The maximum atomic E-state index is 12.6. The molecule has 154 valence electrons. The fraction of sp³-hybridized carbons (Fsp3) is 0.632. The summed E-state index contributed by atoms with van der Waals surface area (Å²) in [5, 5.41) is 0. The predicted octanol–water partition coefficient (Wildman–Crippen LogP) is 2.03. The quantitative estimate of drug-likeness (QED) is 0.636. The molecule has 7 nitrogen and oxygen atoms in total. The number of carbonyl (C=O) groups is 1. The number of hydrogen-bond acceptors (Lipinski definition) is 6. The van der Waals surface area contributed by atoms with Gasteiger partial charge in [0.25, 0.3) is 0 Å². The molecule has 1 aromatic carbocycles. The van der Waals surface area contributed by atoms with Crippen LogP contribution in [0.3, 0.4) is 0 Å². The highest BCUT2D eigenvalue weighted by Gasteiger charge is 2.24. The van der Waals surface area contributed by atoms with Crippen LogP contribution in [0, 0.1) is 0 Å². The van der Waals surface area contributed by atoms with Gasteiger partial charge in [-0.15, -0.1) is 12.4 Å². The number of carbonyl (C=O) groups excluding carboxylic acids is 1. The number of likely N-dealkylation sites (tertiary alicyclic amines) is 1. The molecule has 1 saturated heterocycles. The van der Waals surface area contributed by atoms with E-state index in [2.05, 4.69) is 0 Å². The van der Waals surface area contributed by atoms with Crippen molar-refractivity contribution in [3.05, 3.63) is 17.7 Å². The van der Waals surface area contributed by atoms with Crippen LogP contribution in [0.5, 0.6) is 17.2 Å². The van der Waals surface area contributed by atoms with Gasteiger partial charge >= 0.3 is 0 Å². The molecule has 8 heteroatoms. The summed E-state index contributed by atoms with van der Waals surface area (Å²) in [6, 6.07) is 3.64. The van der Waals surface area contributed by atoms with E-state index >= 15 is 0 Å². The lowest BCUT2D eigenvalue weighted by molar-refractivity contribution is -0.133. The Morgan fingerprint density at radius 3 is 2.19 bits per heavy atom. The van der Waals surface area contributed by atoms with E-state index in [-0.39, 0.29) is 24.4 Å². The number of hydrogen-bond donors (Lipinski definition) is 1. The molecule has 1 aliphatic rings. The van der Waals surface area contributed by atoms with E-state index in [1.807, 2.05) is 17.0 Å². The van der Waals surface area contributed by atoms with Crippen molar-refractivity contribution in [2.45, 2.75) is 31.8 Å². The Morgan fingerprint density at radius 1 is 1.11 bits per heavy atom. The number of nitrogens with zero attached hydrogens (tertiary/aromatic N) is 1. The standard InChI is InChI=1S/C19H30N2O5.ClH/c1-23-16-11-14(12-17(24-2)19(16)25-3)13-18(22)21-8-5-15(6-9-21)26-10-4-7-20;/h11-12,15H,4-10,13,20H2,1-3H3;1H. The van der Waals surface area contributed by atoms with Crippen LogP contribution in [0.1, 0.15) is 24.8 Å². The first-order valence-corrected chi connectivity index (χ1v) is 9.01. The van der Waals surface area contributed by atoms with E-state index in [0.717, 1.165) is 37.9 Å². The summed E-state index contributed by atoms with van der Waals surface area (Å²) in [6.07, 6.45) is 3.14.